The van der Waals surface area contributed by atoms with Crippen LogP contribution < -0.4 is 0 Å². The highest BCUT2D eigenvalue weighted by Crippen LogP contribution is 2.30. The molecule has 1 fully saturated rings. The number of carbonyl (C=O) groups is 1. The molecule has 1 saturated carbocycles. The molecule has 1 rings (SSSR count). The monoisotopic (exact) mass is 212 g/mol. The average molecular weight is 212 g/mol. The van der Waals surface area contributed by atoms with Gasteiger partial charge in [-0.2, -0.15) is 0 Å². The van der Waals surface area contributed by atoms with Crippen LogP contribution in [-0.2, 0) is 9.53 Å². The van der Waals surface area contributed by atoms with E-state index in [0.717, 1.165) is 5.92 Å². The Labute approximate surface area is 93.4 Å². The van der Waals surface area contributed by atoms with Crippen molar-refractivity contribution in [3.8, 4) is 0 Å². The highest BCUT2D eigenvalue weighted by atomic mass is 16.6. The zero-order chi connectivity index (χ0) is 11.5. The average Bonchev–Trinajstić information content (AvgIpc) is 2.05. The molecule has 0 aromatic carbocycles. The molecule has 0 heterocycles. The van der Waals surface area contributed by atoms with E-state index in [1.807, 2.05) is 20.8 Å². The fourth-order valence-electron chi connectivity index (χ4n) is 2.15. The van der Waals surface area contributed by atoms with Gasteiger partial charge in [0.2, 0.25) is 0 Å². The lowest BCUT2D eigenvalue weighted by Crippen LogP contribution is -2.26. The number of esters is 1. The Bertz CT molecular complexity index is 207. The first kappa shape index (κ1) is 12.5. The highest BCUT2D eigenvalue weighted by Gasteiger charge is 2.23. The van der Waals surface area contributed by atoms with E-state index in [4.69, 9.17) is 4.74 Å². The van der Waals surface area contributed by atoms with Gasteiger partial charge < -0.3 is 4.74 Å². The summed E-state index contributed by atoms with van der Waals surface area (Å²) in [7, 11) is 0. The van der Waals surface area contributed by atoms with Crippen LogP contribution in [0.1, 0.15) is 59.8 Å². The van der Waals surface area contributed by atoms with E-state index in [0.29, 0.717) is 12.3 Å². The van der Waals surface area contributed by atoms with E-state index in [1.54, 1.807) is 0 Å². The zero-order valence-corrected chi connectivity index (χ0v) is 10.5. The minimum Gasteiger partial charge on any atom is -0.460 e. The number of hydrogen-bond donors (Lipinski definition) is 0. The summed E-state index contributed by atoms with van der Waals surface area (Å²) in [5, 5.41) is 0. The standard InChI is InChI=1S/C13H24O2/c1-10-5-7-11(8-6-10)9-12(14)15-13(2,3)4/h10-11H,5-9H2,1-4H3/t10-,11+. The maximum absolute atomic E-state index is 11.6. The van der Waals surface area contributed by atoms with Gasteiger partial charge in [-0.1, -0.05) is 19.8 Å². The van der Waals surface area contributed by atoms with Crippen LogP contribution in [0, 0.1) is 11.8 Å². The van der Waals surface area contributed by atoms with E-state index >= 15 is 0 Å². The first-order valence-corrected chi connectivity index (χ1v) is 6.08. The van der Waals surface area contributed by atoms with Gasteiger partial charge in [0.05, 0.1) is 0 Å². The summed E-state index contributed by atoms with van der Waals surface area (Å²) in [6.07, 6.45) is 5.55. The first-order valence-electron chi connectivity index (χ1n) is 6.08. The van der Waals surface area contributed by atoms with E-state index in [2.05, 4.69) is 6.92 Å². The molecule has 88 valence electrons. The molecule has 0 unspecified atom stereocenters. The van der Waals surface area contributed by atoms with E-state index in [9.17, 15) is 4.79 Å². The van der Waals surface area contributed by atoms with Crippen LogP contribution in [0.2, 0.25) is 0 Å². The first-order chi connectivity index (χ1) is 6.87. The van der Waals surface area contributed by atoms with Crippen molar-refractivity contribution in [2.45, 2.75) is 65.4 Å². The summed E-state index contributed by atoms with van der Waals surface area (Å²) in [5.74, 6) is 1.39. The molecule has 0 bridgehead atoms. The Morgan fingerprint density at radius 3 is 2.20 bits per heavy atom. The molecule has 2 nitrogen and oxygen atoms in total. The normalized spacial score (nSPS) is 27.5. The van der Waals surface area contributed by atoms with Crippen LogP contribution in [0.3, 0.4) is 0 Å². The van der Waals surface area contributed by atoms with Crippen LogP contribution in [-0.4, -0.2) is 11.6 Å². The smallest absolute Gasteiger partial charge is 0.306 e. The Morgan fingerprint density at radius 2 is 1.73 bits per heavy atom. The lowest BCUT2D eigenvalue weighted by atomic mass is 9.81. The van der Waals surface area contributed by atoms with Gasteiger partial charge in [0.25, 0.3) is 0 Å². The molecular weight excluding hydrogens is 188 g/mol. The summed E-state index contributed by atoms with van der Waals surface area (Å²) in [6.45, 7) is 8.07. The number of carbonyl (C=O) groups excluding carboxylic acids is 1. The van der Waals surface area contributed by atoms with Gasteiger partial charge in [-0.05, 0) is 45.4 Å². The molecule has 1 aliphatic rings. The maximum atomic E-state index is 11.6. The predicted octanol–water partition coefficient (Wildman–Crippen LogP) is 3.54. The van der Waals surface area contributed by atoms with Crippen molar-refractivity contribution in [1.29, 1.82) is 0 Å². The van der Waals surface area contributed by atoms with Gasteiger partial charge in [-0.25, -0.2) is 0 Å². The third kappa shape index (κ3) is 5.19. The molecule has 15 heavy (non-hydrogen) atoms. The molecule has 0 aromatic heterocycles. The van der Waals surface area contributed by atoms with Gasteiger partial charge in [-0.3, -0.25) is 4.79 Å². The van der Waals surface area contributed by atoms with E-state index in [1.165, 1.54) is 25.7 Å². The van der Waals surface area contributed by atoms with Crippen LogP contribution in [0.5, 0.6) is 0 Å². The molecule has 0 aromatic rings. The SMILES string of the molecule is CC(C)(C)OC(=O)C[C@H]1CC[C@@H](C)CC1. The number of ether oxygens (including phenoxy) is 1. The fourth-order valence-corrected chi connectivity index (χ4v) is 2.15. The molecular formula is C13H24O2. The van der Waals surface area contributed by atoms with Crippen molar-refractivity contribution in [2.75, 3.05) is 0 Å². The van der Waals surface area contributed by atoms with Crippen molar-refractivity contribution in [2.24, 2.45) is 11.8 Å². The van der Waals surface area contributed by atoms with Gasteiger partial charge in [0.1, 0.15) is 5.60 Å². The zero-order valence-electron chi connectivity index (χ0n) is 10.5. The molecule has 0 atom stereocenters. The van der Waals surface area contributed by atoms with Crippen molar-refractivity contribution in [1.82, 2.24) is 0 Å². The summed E-state index contributed by atoms with van der Waals surface area (Å²) >= 11 is 0. The molecule has 0 radical (unpaired) electrons. The third-order valence-corrected chi connectivity index (χ3v) is 3.01. The molecule has 1 aliphatic carbocycles. The molecule has 2 heteroatoms. The maximum Gasteiger partial charge on any atom is 0.306 e. The summed E-state index contributed by atoms with van der Waals surface area (Å²) in [4.78, 5) is 11.6. The summed E-state index contributed by atoms with van der Waals surface area (Å²) in [6, 6.07) is 0. The Hall–Kier alpha value is -0.530. The lowest BCUT2D eigenvalue weighted by Gasteiger charge is -2.27. The van der Waals surface area contributed by atoms with Gasteiger partial charge in [0, 0.05) is 6.42 Å². The van der Waals surface area contributed by atoms with Crippen molar-refractivity contribution >= 4 is 5.97 Å². The molecule has 0 amide bonds. The Balaban J connectivity index is 2.27. The quantitative estimate of drug-likeness (QED) is 0.654. The predicted molar refractivity (Wildman–Crippen MR) is 61.6 cm³/mol. The highest BCUT2D eigenvalue weighted by molar-refractivity contribution is 5.70. The topological polar surface area (TPSA) is 26.3 Å². The van der Waals surface area contributed by atoms with E-state index < -0.39 is 0 Å². The van der Waals surface area contributed by atoms with E-state index in [-0.39, 0.29) is 11.6 Å². The second-order valence-corrected chi connectivity index (χ2v) is 5.92. The second-order valence-electron chi connectivity index (χ2n) is 5.92. The third-order valence-electron chi connectivity index (χ3n) is 3.01. The fraction of sp³-hybridized carbons (Fsp3) is 0.923. The molecule has 0 aliphatic heterocycles. The molecule has 0 N–H and O–H groups in total. The van der Waals surface area contributed by atoms with Crippen LogP contribution in [0.15, 0.2) is 0 Å². The Morgan fingerprint density at radius 1 is 1.20 bits per heavy atom. The summed E-state index contributed by atoms with van der Waals surface area (Å²) < 4.78 is 5.33. The van der Waals surface area contributed by atoms with Gasteiger partial charge in [-0.15, -0.1) is 0 Å². The number of rotatable bonds is 2. The Kier molecular flexibility index (Phi) is 4.18. The minimum atomic E-state index is -0.334. The van der Waals surface area contributed by atoms with Crippen LogP contribution in [0.25, 0.3) is 0 Å². The second kappa shape index (κ2) is 5.00. The molecule has 0 saturated heterocycles. The van der Waals surface area contributed by atoms with Crippen LogP contribution in [0.4, 0.5) is 0 Å². The van der Waals surface area contributed by atoms with Crippen molar-refractivity contribution < 1.29 is 9.53 Å². The number of hydrogen-bond acceptors (Lipinski definition) is 2. The summed E-state index contributed by atoms with van der Waals surface area (Å²) in [5.41, 5.74) is -0.334. The van der Waals surface area contributed by atoms with Crippen molar-refractivity contribution in [3.05, 3.63) is 0 Å². The van der Waals surface area contributed by atoms with Gasteiger partial charge >= 0.3 is 5.97 Å². The molecule has 0 spiro atoms. The largest absolute Gasteiger partial charge is 0.460 e. The van der Waals surface area contributed by atoms with Crippen molar-refractivity contribution in [3.63, 3.8) is 0 Å². The minimum absolute atomic E-state index is 0.0259. The van der Waals surface area contributed by atoms with Crippen LogP contribution >= 0.6 is 0 Å². The van der Waals surface area contributed by atoms with Gasteiger partial charge in [0.15, 0.2) is 0 Å². The lowest BCUT2D eigenvalue weighted by molar-refractivity contribution is -0.156.